The van der Waals surface area contributed by atoms with Crippen molar-refractivity contribution in [2.75, 3.05) is 46.3 Å². The zero-order chi connectivity index (χ0) is 12.0. The number of piperazine rings is 1. The highest BCUT2D eigenvalue weighted by Crippen LogP contribution is 1.97. The van der Waals surface area contributed by atoms with E-state index in [2.05, 4.69) is 27.2 Å². The summed E-state index contributed by atoms with van der Waals surface area (Å²) in [5.74, 6) is 0.0301. The largest absolute Gasteiger partial charge is 0.370 e. The average Bonchev–Trinajstić information content (AvgIpc) is 2.20. The summed E-state index contributed by atoms with van der Waals surface area (Å²) in [7, 11) is 2.13. The Morgan fingerprint density at radius 2 is 1.94 bits per heavy atom. The van der Waals surface area contributed by atoms with Crippen LogP contribution in [0.3, 0.4) is 0 Å². The van der Waals surface area contributed by atoms with Gasteiger partial charge in [-0.25, -0.2) is 0 Å². The fourth-order valence-electron chi connectivity index (χ4n) is 1.56. The van der Waals surface area contributed by atoms with Gasteiger partial charge in [0.2, 0.25) is 0 Å². The molecule has 0 unspecified atom stereocenters. The second kappa shape index (κ2) is 6.29. The van der Waals surface area contributed by atoms with Crippen molar-refractivity contribution >= 4 is 11.9 Å². The molecule has 0 aliphatic carbocycles. The summed E-state index contributed by atoms with van der Waals surface area (Å²) >= 11 is 0. The number of aliphatic imine (C=N–C) groups is 1. The van der Waals surface area contributed by atoms with Gasteiger partial charge in [-0.15, -0.1) is 0 Å². The third-order valence-corrected chi connectivity index (χ3v) is 2.56. The monoisotopic (exact) mass is 227 g/mol. The normalized spacial score (nSPS) is 19.7. The number of hydrogen-bond donors (Lipinski definition) is 4. The van der Waals surface area contributed by atoms with Crippen LogP contribution in [0.15, 0.2) is 4.99 Å². The summed E-state index contributed by atoms with van der Waals surface area (Å²) in [5, 5.41) is 9.42. The lowest BCUT2D eigenvalue weighted by Crippen LogP contribution is -2.45. The van der Waals surface area contributed by atoms with E-state index in [1.165, 1.54) is 0 Å². The predicted octanol–water partition coefficient (Wildman–Crippen LogP) is -1.97. The molecule has 0 aromatic heterocycles. The van der Waals surface area contributed by atoms with E-state index in [-0.39, 0.29) is 11.9 Å². The standard InChI is InChI=1S/C9H21N7/c1-15-4-6-16(7-5-15)3-2-13-9(12)14-8(10)11/h2-7H2,1H3,(H6,10,11,12,13,14). The van der Waals surface area contributed by atoms with Gasteiger partial charge in [-0.2, -0.15) is 0 Å². The minimum Gasteiger partial charge on any atom is -0.370 e. The number of likely N-dealkylation sites (N-methyl/N-ethyl adjacent to an activating group) is 1. The molecule has 0 bridgehead atoms. The Morgan fingerprint density at radius 1 is 1.31 bits per heavy atom. The van der Waals surface area contributed by atoms with Crippen molar-refractivity contribution in [1.82, 2.24) is 15.1 Å². The van der Waals surface area contributed by atoms with E-state index in [9.17, 15) is 0 Å². The summed E-state index contributed by atoms with van der Waals surface area (Å²) in [5.41, 5.74) is 10.6. The molecule has 7 heteroatoms. The molecule has 0 aromatic rings. The second-order valence-electron chi connectivity index (χ2n) is 3.95. The first-order valence-corrected chi connectivity index (χ1v) is 5.40. The first-order chi connectivity index (χ1) is 7.58. The molecule has 0 radical (unpaired) electrons. The van der Waals surface area contributed by atoms with Gasteiger partial charge in [0.1, 0.15) is 0 Å². The van der Waals surface area contributed by atoms with Crippen molar-refractivity contribution in [1.29, 1.82) is 5.41 Å². The lowest BCUT2D eigenvalue weighted by atomic mass is 10.3. The minimum atomic E-state index is -0.180. The molecule has 7 nitrogen and oxygen atoms in total. The van der Waals surface area contributed by atoms with Crippen LogP contribution in [-0.4, -0.2) is 68.0 Å². The van der Waals surface area contributed by atoms with Crippen LogP contribution in [0.4, 0.5) is 0 Å². The summed E-state index contributed by atoms with van der Waals surface area (Å²) in [6.07, 6.45) is 0. The van der Waals surface area contributed by atoms with Gasteiger partial charge >= 0.3 is 0 Å². The van der Waals surface area contributed by atoms with Gasteiger partial charge in [0, 0.05) is 32.7 Å². The van der Waals surface area contributed by atoms with Crippen LogP contribution >= 0.6 is 0 Å². The number of nitrogens with two attached hydrogens (primary N) is 2. The van der Waals surface area contributed by atoms with Crippen molar-refractivity contribution in [2.24, 2.45) is 16.5 Å². The van der Waals surface area contributed by atoms with Gasteiger partial charge in [-0.3, -0.25) is 20.6 Å². The van der Waals surface area contributed by atoms with E-state index in [1.807, 2.05) is 0 Å². The molecule has 0 spiro atoms. The van der Waals surface area contributed by atoms with Crippen molar-refractivity contribution < 1.29 is 0 Å². The van der Waals surface area contributed by atoms with Crippen LogP contribution in [0.1, 0.15) is 0 Å². The Labute approximate surface area is 96.0 Å². The number of hydrogen-bond acceptors (Lipinski definition) is 4. The van der Waals surface area contributed by atoms with E-state index in [0.29, 0.717) is 6.54 Å². The maximum absolute atomic E-state index is 6.97. The highest BCUT2D eigenvalue weighted by atomic mass is 15.3. The molecule has 0 atom stereocenters. The van der Waals surface area contributed by atoms with E-state index >= 15 is 0 Å². The molecule has 16 heavy (non-hydrogen) atoms. The summed E-state index contributed by atoms with van der Waals surface area (Å²) in [4.78, 5) is 8.75. The average molecular weight is 227 g/mol. The summed E-state index contributed by atoms with van der Waals surface area (Å²) < 4.78 is 0. The van der Waals surface area contributed by atoms with Crippen LogP contribution in [-0.2, 0) is 0 Å². The lowest BCUT2D eigenvalue weighted by molar-refractivity contribution is 0.157. The molecular formula is C9H21N7. The molecule has 6 N–H and O–H groups in total. The van der Waals surface area contributed by atoms with E-state index in [4.69, 9.17) is 16.9 Å². The fraction of sp³-hybridized carbons (Fsp3) is 0.778. The van der Waals surface area contributed by atoms with Crippen LogP contribution in [0, 0.1) is 5.41 Å². The molecule has 92 valence electrons. The third kappa shape index (κ3) is 4.94. The Kier molecular flexibility index (Phi) is 5.00. The van der Waals surface area contributed by atoms with Gasteiger partial charge in [0.25, 0.3) is 0 Å². The molecule has 0 aromatic carbocycles. The van der Waals surface area contributed by atoms with Crippen LogP contribution in [0.5, 0.6) is 0 Å². The van der Waals surface area contributed by atoms with Crippen molar-refractivity contribution in [3.05, 3.63) is 0 Å². The van der Waals surface area contributed by atoms with Gasteiger partial charge in [-0.1, -0.05) is 0 Å². The lowest BCUT2D eigenvalue weighted by Gasteiger charge is -2.31. The zero-order valence-corrected chi connectivity index (χ0v) is 9.74. The smallest absolute Gasteiger partial charge is 0.195 e. The minimum absolute atomic E-state index is 0.180. The fourth-order valence-corrected chi connectivity index (χ4v) is 1.56. The number of guanidine groups is 2. The Balaban J connectivity index is 2.17. The van der Waals surface area contributed by atoms with Crippen molar-refractivity contribution in [2.45, 2.75) is 0 Å². The molecular weight excluding hydrogens is 206 g/mol. The van der Waals surface area contributed by atoms with Gasteiger partial charge < -0.3 is 16.4 Å². The molecule has 1 heterocycles. The Morgan fingerprint density at radius 3 is 2.50 bits per heavy atom. The quantitative estimate of drug-likeness (QED) is 0.330. The molecule has 1 rings (SSSR count). The number of rotatable bonds is 3. The van der Waals surface area contributed by atoms with Crippen molar-refractivity contribution in [3.63, 3.8) is 0 Å². The molecule has 1 aliphatic heterocycles. The molecule has 1 saturated heterocycles. The summed E-state index contributed by atoms with van der Waals surface area (Å²) in [6, 6.07) is 0. The van der Waals surface area contributed by atoms with Crippen molar-refractivity contribution in [3.8, 4) is 0 Å². The Bertz CT molecular complexity index is 255. The Hall–Kier alpha value is -1.34. The predicted molar refractivity (Wildman–Crippen MR) is 65.5 cm³/mol. The maximum Gasteiger partial charge on any atom is 0.195 e. The zero-order valence-electron chi connectivity index (χ0n) is 9.74. The van der Waals surface area contributed by atoms with Gasteiger partial charge in [0.15, 0.2) is 11.9 Å². The van der Waals surface area contributed by atoms with E-state index in [0.717, 1.165) is 32.7 Å². The SMILES string of the molecule is CN1CCN(CCN=C(N)NC(=N)N)CC1. The highest BCUT2D eigenvalue weighted by molar-refractivity contribution is 5.95. The molecule has 1 fully saturated rings. The topological polar surface area (TPSA) is 107 Å². The highest BCUT2D eigenvalue weighted by Gasteiger charge is 2.12. The van der Waals surface area contributed by atoms with Crippen LogP contribution in [0.25, 0.3) is 0 Å². The maximum atomic E-state index is 6.97. The van der Waals surface area contributed by atoms with Crippen LogP contribution < -0.4 is 16.8 Å². The van der Waals surface area contributed by atoms with E-state index < -0.39 is 0 Å². The number of nitrogens with zero attached hydrogens (tertiary/aromatic N) is 3. The van der Waals surface area contributed by atoms with Crippen LogP contribution in [0.2, 0.25) is 0 Å². The molecule has 0 amide bonds. The molecule has 0 saturated carbocycles. The first-order valence-electron chi connectivity index (χ1n) is 5.40. The van der Waals surface area contributed by atoms with Gasteiger partial charge in [0.05, 0.1) is 6.54 Å². The number of nitrogens with one attached hydrogen (secondary N) is 2. The van der Waals surface area contributed by atoms with E-state index in [1.54, 1.807) is 0 Å². The second-order valence-corrected chi connectivity index (χ2v) is 3.95. The third-order valence-electron chi connectivity index (χ3n) is 2.56. The summed E-state index contributed by atoms with van der Waals surface area (Å²) in [6.45, 7) is 5.89. The van der Waals surface area contributed by atoms with Gasteiger partial charge in [-0.05, 0) is 7.05 Å². The first kappa shape index (κ1) is 12.7. The molecule has 1 aliphatic rings.